The number of H-pyrrole nitrogens is 1. The lowest BCUT2D eigenvalue weighted by molar-refractivity contribution is 0.324. The zero-order chi connectivity index (χ0) is 18.7. The van der Waals surface area contributed by atoms with E-state index < -0.39 is 0 Å². The third-order valence-corrected chi connectivity index (χ3v) is 3.86. The molecule has 2 aromatic carbocycles. The molecule has 8 nitrogen and oxygen atoms in total. The molecule has 136 valence electrons. The van der Waals surface area contributed by atoms with Gasteiger partial charge in [-0.3, -0.25) is 5.10 Å². The van der Waals surface area contributed by atoms with Crippen molar-refractivity contribution in [3.05, 3.63) is 30.3 Å². The first-order valence-electron chi connectivity index (χ1n) is 7.71. The molecular weight excluding hydrogens is 338 g/mol. The standard InChI is InChI=1S/C18H19N3O5/c1-23-13-7-10(5-6-12(13)22)17-19-18(21-20-17)11-8-14(24-2)16(26-4)15(9-11)25-3/h5-9,22H,1-4H3,(H,19,20,21). The highest BCUT2D eigenvalue weighted by Crippen LogP contribution is 2.40. The van der Waals surface area contributed by atoms with Crippen LogP contribution in [0.5, 0.6) is 28.7 Å². The van der Waals surface area contributed by atoms with Gasteiger partial charge < -0.3 is 24.1 Å². The van der Waals surface area contributed by atoms with Crippen molar-refractivity contribution in [2.75, 3.05) is 28.4 Å². The van der Waals surface area contributed by atoms with Gasteiger partial charge in [0, 0.05) is 11.1 Å². The van der Waals surface area contributed by atoms with Crippen molar-refractivity contribution in [3.8, 4) is 51.5 Å². The fraction of sp³-hybridized carbons (Fsp3) is 0.222. The molecule has 0 bridgehead atoms. The number of rotatable bonds is 6. The molecule has 0 aliphatic heterocycles. The molecule has 0 aliphatic carbocycles. The number of phenols is 1. The first-order valence-corrected chi connectivity index (χ1v) is 7.71. The van der Waals surface area contributed by atoms with Crippen LogP contribution in [0.15, 0.2) is 30.3 Å². The maximum absolute atomic E-state index is 9.72. The first kappa shape index (κ1) is 17.4. The summed E-state index contributed by atoms with van der Waals surface area (Å²) in [4.78, 5) is 4.51. The van der Waals surface area contributed by atoms with Crippen LogP contribution in [0.2, 0.25) is 0 Å². The van der Waals surface area contributed by atoms with Crippen LogP contribution in [-0.4, -0.2) is 48.7 Å². The SMILES string of the molecule is COc1cc(-c2nc(-c3cc(OC)c(OC)c(OC)c3)n[nH]2)ccc1O. The molecule has 1 heterocycles. The second kappa shape index (κ2) is 7.22. The summed E-state index contributed by atoms with van der Waals surface area (Å²) in [5.41, 5.74) is 1.43. The Morgan fingerprint density at radius 1 is 0.808 bits per heavy atom. The molecule has 0 amide bonds. The van der Waals surface area contributed by atoms with Gasteiger partial charge in [-0.25, -0.2) is 4.98 Å². The van der Waals surface area contributed by atoms with E-state index in [0.717, 1.165) is 5.56 Å². The monoisotopic (exact) mass is 357 g/mol. The minimum Gasteiger partial charge on any atom is -0.504 e. The second-order valence-corrected chi connectivity index (χ2v) is 5.31. The zero-order valence-electron chi connectivity index (χ0n) is 14.9. The summed E-state index contributed by atoms with van der Waals surface area (Å²) in [6.07, 6.45) is 0. The van der Waals surface area contributed by atoms with Gasteiger partial charge in [-0.15, -0.1) is 0 Å². The van der Waals surface area contributed by atoms with Crippen molar-refractivity contribution in [1.29, 1.82) is 0 Å². The molecule has 8 heteroatoms. The number of ether oxygens (including phenoxy) is 4. The van der Waals surface area contributed by atoms with Crippen molar-refractivity contribution < 1.29 is 24.1 Å². The molecule has 2 N–H and O–H groups in total. The summed E-state index contributed by atoms with van der Waals surface area (Å²) in [6.45, 7) is 0. The summed E-state index contributed by atoms with van der Waals surface area (Å²) in [5, 5.41) is 16.9. The van der Waals surface area contributed by atoms with Gasteiger partial charge in [0.15, 0.2) is 34.6 Å². The molecule has 3 rings (SSSR count). The van der Waals surface area contributed by atoms with E-state index in [2.05, 4.69) is 15.2 Å². The van der Waals surface area contributed by atoms with Crippen LogP contribution in [-0.2, 0) is 0 Å². The van der Waals surface area contributed by atoms with Gasteiger partial charge in [-0.2, -0.15) is 5.10 Å². The zero-order valence-corrected chi connectivity index (χ0v) is 14.9. The molecule has 26 heavy (non-hydrogen) atoms. The quantitative estimate of drug-likeness (QED) is 0.700. The van der Waals surface area contributed by atoms with E-state index >= 15 is 0 Å². The van der Waals surface area contributed by atoms with Crippen LogP contribution in [0.1, 0.15) is 0 Å². The molecule has 0 radical (unpaired) electrons. The predicted octanol–water partition coefficient (Wildman–Crippen LogP) is 2.88. The predicted molar refractivity (Wildman–Crippen MR) is 95.1 cm³/mol. The van der Waals surface area contributed by atoms with Crippen molar-refractivity contribution >= 4 is 0 Å². The van der Waals surface area contributed by atoms with Gasteiger partial charge in [0.2, 0.25) is 5.75 Å². The maximum Gasteiger partial charge on any atom is 0.203 e. The van der Waals surface area contributed by atoms with Gasteiger partial charge in [-0.05, 0) is 30.3 Å². The number of phenolic OH excluding ortho intramolecular Hbond substituents is 1. The van der Waals surface area contributed by atoms with Crippen molar-refractivity contribution in [3.63, 3.8) is 0 Å². The minimum absolute atomic E-state index is 0.0561. The summed E-state index contributed by atoms with van der Waals surface area (Å²) in [5.74, 6) is 2.93. The van der Waals surface area contributed by atoms with Crippen LogP contribution < -0.4 is 18.9 Å². The molecule has 0 aliphatic rings. The molecule has 0 saturated carbocycles. The Bertz CT molecular complexity index is 898. The Morgan fingerprint density at radius 2 is 1.42 bits per heavy atom. The van der Waals surface area contributed by atoms with Crippen molar-refractivity contribution in [2.24, 2.45) is 0 Å². The Balaban J connectivity index is 2.02. The number of benzene rings is 2. The Labute approximate surface area is 150 Å². The van der Waals surface area contributed by atoms with Crippen LogP contribution >= 0.6 is 0 Å². The average Bonchev–Trinajstić information content (AvgIpc) is 3.17. The third kappa shape index (κ3) is 3.08. The van der Waals surface area contributed by atoms with Crippen LogP contribution in [0.25, 0.3) is 22.8 Å². The Hall–Kier alpha value is -3.42. The number of hydrogen-bond donors (Lipinski definition) is 2. The molecule has 0 spiro atoms. The second-order valence-electron chi connectivity index (χ2n) is 5.31. The molecule has 0 fully saturated rings. The van der Waals surface area contributed by atoms with Crippen molar-refractivity contribution in [1.82, 2.24) is 15.2 Å². The molecule has 0 saturated heterocycles. The number of aromatic amines is 1. The Kier molecular flexibility index (Phi) is 4.83. The number of aromatic nitrogens is 3. The van der Waals surface area contributed by atoms with E-state index in [1.54, 1.807) is 45.6 Å². The number of methoxy groups -OCH3 is 4. The molecular formula is C18H19N3O5. The summed E-state index contributed by atoms with van der Waals surface area (Å²) >= 11 is 0. The van der Waals surface area contributed by atoms with Gasteiger partial charge in [0.1, 0.15) is 0 Å². The fourth-order valence-corrected chi connectivity index (χ4v) is 2.56. The summed E-state index contributed by atoms with van der Waals surface area (Å²) < 4.78 is 21.2. The topological polar surface area (TPSA) is 98.7 Å². The van der Waals surface area contributed by atoms with Gasteiger partial charge in [-0.1, -0.05) is 0 Å². The van der Waals surface area contributed by atoms with E-state index in [4.69, 9.17) is 18.9 Å². The van der Waals surface area contributed by atoms with E-state index in [1.165, 1.54) is 13.2 Å². The van der Waals surface area contributed by atoms with Crippen molar-refractivity contribution in [2.45, 2.75) is 0 Å². The van der Waals surface area contributed by atoms with Crippen LogP contribution in [0, 0.1) is 0 Å². The smallest absolute Gasteiger partial charge is 0.203 e. The fourth-order valence-electron chi connectivity index (χ4n) is 2.56. The van der Waals surface area contributed by atoms with E-state index in [9.17, 15) is 5.11 Å². The van der Waals surface area contributed by atoms with Crippen LogP contribution in [0.3, 0.4) is 0 Å². The maximum atomic E-state index is 9.72. The lowest BCUT2D eigenvalue weighted by Gasteiger charge is -2.12. The highest BCUT2D eigenvalue weighted by Gasteiger charge is 2.17. The number of hydrogen-bond acceptors (Lipinski definition) is 7. The lowest BCUT2D eigenvalue weighted by Crippen LogP contribution is -1.96. The highest BCUT2D eigenvalue weighted by molar-refractivity contribution is 5.69. The van der Waals surface area contributed by atoms with E-state index in [0.29, 0.717) is 40.2 Å². The van der Waals surface area contributed by atoms with Crippen LogP contribution in [0.4, 0.5) is 0 Å². The average molecular weight is 357 g/mol. The summed E-state index contributed by atoms with van der Waals surface area (Å²) in [6, 6.07) is 8.47. The Morgan fingerprint density at radius 3 is 2.00 bits per heavy atom. The molecule has 3 aromatic rings. The van der Waals surface area contributed by atoms with Gasteiger partial charge in [0.25, 0.3) is 0 Å². The lowest BCUT2D eigenvalue weighted by atomic mass is 10.1. The van der Waals surface area contributed by atoms with Gasteiger partial charge >= 0.3 is 0 Å². The molecule has 0 unspecified atom stereocenters. The largest absolute Gasteiger partial charge is 0.504 e. The first-order chi connectivity index (χ1) is 12.6. The summed E-state index contributed by atoms with van der Waals surface area (Å²) in [7, 11) is 6.13. The normalized spacial score (nSPS) is 10.5. The van der Waals surface area contributed by atoms with E-state index in [1.807, 2.05) is 0 Å². The highest BCUT2D eigenvalue weighted by atomic mass is 16.5. The molecule has 0 atom stereocenters. The molecule has 1 aromatic heterocycles. The number of nitrogens with one attached hydrogen (secondary N) is 1. The number of aromatic hydroxyl groups is 1. The van der Waals surface area contributed by atoms with Gasteiger partial charge in [0.05, 0.1) is 28.4 Å². The third-order valence-electron chi connectivity index (χ3n) is 3.86. The minimum atomic E-state index is 0.0561. The number of nitrogens with zero attached hydrogens (tertiary/aromatic N) is 2. The van der Waals surface area contributed by atoms with E-state index in [-0.39, 0.29) is 5.75 Å².